The van der Waals surface area contributed by atoms with E-state index in [0.29, 0.717) is 11.1 Å². The number of ether oxygens (including phenoxy) is 1. The van der Waals surface area contributed by atoms with E-state index in [9.17, 15) is 28.6 Å². The first-order valence-electron chi connectivity index (χ1n) is 13.8. The molecule has 4 heterocycles. The molecule has 0 spiro atoms. The van der Waals surface area contributed by atoms with Crippen LogP contribution in [-0.2, 0) is 14.3 Å². The van der Waals surface area contributed by atoms with Gasteiger partial charge in [0, 0.05) is 48.5 Å². The van der Waals surface area contributed by atoms with Crippen LogP contribution in [0.1, 0.15) is 43.3 Å². The molecule has 4 atom stereocenters. The summed E-state index contributed by atoms with van der Waals surface area (Å²) in [5.74, 6) is -10.3. The van der Waals surface area contributed by atoms with E-state index in [4.69, 9.17) is 4.74 Å². The fourth-order valence-electron chi connectivity index (χ4n) is 5.94. The number of aliphatic imine (C=N–C) groups is 1. The van der Waals surface area contributed by atoms with Crippen LogP contribution >= 0.6 is 11.3 Å². The zero-order valence-electron chi connectivity index (χ0n) is 23.7. The lowest BCUT2D eigenvalue weighted by molar-refractivity contribution is -0.157. The van der Waals surface area contributed by atoms with E-state index < -0.39 is 71.1 Å². The minimum Gasteiger partial charge on any atom is -0.479 e. The number of carboxylic acid groups (broad SMARTS) is 1. The Kier molecular flexibility index (Phi) is 8.81. The Morgan fingerprint density at radius 3 is 2.64 bits per heavy atom. The number of hydrogen-bond acceptors (Lipinski definition) is 10. The number of hydrogen-bond donors (Lipinski definition) is 3. The van der Waals surface area contributed by atoms with Gasteiger partial charge in [0.05, 0.1) is 24.8 Å². The summed E-state index contributed by atoms with van der Waals surface area (Å²) in [5, 5.41) is 24.3. The second-order valence-electron chi connectivity index (χ2n) is 11.1. The number of aliphatic carboxylic acids is 1. The molecule has 2 saturated heterocycles. The van der Waals surface area contributed by atoms with Crippen molar-refractivity contribution in [1.82, 2.24) is 20.1 Å². The molecule has 3 aliphatic heterocycles. The summed E-state index contributed by atoms with van der Waals surface area (Å²) < 4.78 is 79.6. The van der Waals surface area contributed by atoms with Gasteiger partial charge in [0.2, 0.25) is 0 Å². The van der Waals surface area contributed by atoms with Crippen LogP contribution in [-0.4, -0.2) is 99.2 Å². The highest BCUT2D eigenvalue weighted by molar-refractivity contribution is 7.11. The zero-order valence-corrected chi connectivity index (χ0v) is 24.5. The largest absolute Gasteiger partial charge is 0.479 e. The van der Waals surface area contributed by atoms with Crippen LogP contribution in [0.5, 0.6) is 0 Å². The monoisotopic (exact) mass is 643 g/mol. The summed E-state index contributed by atoms with van der Waals surface area (Å²) in [5.41, 5.74) is -2.74. The molecule has 0 unspecified atom stereocenters. The standard InChI is InChI=1S/C28H30F5N5O5S/c1-3-43-25(39)18-16(12-38-13-28(32,33)22-17(38)6-9-37(22)10-7-27(2,42)26(40)41)35-23(24-34-8-11-44-24)36-21(18)14-4-5-15(29)20(31)19(14)30/h4-5,8,11,17,21-22,42H,3,6-7,9-10,12-13H2,1-2H3,(H,35,36)(H,40,41)/t17-,21-,22+,27-/m0/s1. The molecule has 5 rings (SSSR count). The Labute approximate surface area is 252 Å². The van der Waals surface area contributed by atoms with Crippen molar-refractivity contribution in [3.8, 4) is 0 Å². The van der Waals surface area contributed by atoms with E-state index in [1.807, 2.05) is 0 Å². The molecule has 0 amide bonds. The molecular weight excluding hydrogens is 613 g/mol. The van der Waals surface area contributed by atoms with Gasteiger partial charge in [0.25, 0.3) is 5.92 Å². The van der Waals surface area contributed by atoms with E-state index in [-0.39, 0.29) is 56.2 Å². The fourth-order valence-corrected chi connectivity index (χ4v) is 6.53. The lowest BCUT2D eigenvalue weighted by atomic mass is 9.94. The second kappa shape index (κ2) is 12.1. The van der Waals surface area contributed by atoms with Crippen molar-refractivity contribution in [1.29, 1.82) is 0 Å². The Hall–Kier alpha value is -3.47. The molecule has 1 aromatic carbocycles. The van der Waals surface area contributed by atoms with Gasteiger partial charge in [-0.25, -0.2) is 36.5 Å². The van der Waals surface area contributed by atoms with Crippen molar-refractivity contribution in [2.75, 3.05) is 32.8 Å². The number of rotatable bonds is 10. The number of alkyl halides is 2. The summed E-state index contributed by atoms with van der Waals surface area (Å²) in [4.78, 5) is 36.2. The molecule has 16 heteroatoms. The van der Waals surface area contributed by atoms with Gasteiger partial charge in [-0.05, 0) is 32.8 Å². The fraction of sp³-hybridized carbons (Fsp3) is 0.500. The van der Waals surface area contributed by atoms with Gasteiger partial charge >= 0.3 is 11.9 Å². The molecule has 2 aromatic rings. The Morgan fingerprint density at radius 1 is 1.23 bits per heavy atom. The first-order valence-corrected chi connectivity index (χ1v) is 14.7. The molecule has 2 fully saturated rings. The first kappa shape index (κ1) is 31.9. The molecule has 3 N–H and O–H groups in total. The third kappa shape index (κ3) is 5.95. The third-order valence-corrected chi connectivity index (χ3v) is 8.89. The highest BCUT2D eigenvalue weighted by atomic mass is 32.1. The van der Waals surface area contributed by atoms with Crippen molar-refractivity contribution >= 4 is 29.1 Å². The van der Waals surface area contributed by atoms with Crippen LogP contribution < -0.4 is 5.32 Å². The molecule has 0 aliphatic carbocycles. The number of nitrogens with one attached hydrogen (secondary N) is 1. The molecule has 0 radical (unpaired) electrons. The zero-order chi connectivity index (χ0) is 32.0. The average Bonchev–Trinajstić information content (AvgIpc) is 3.70. The summed E-state index contributed by atoms with van der Waals surface area (Å²) in [7, 11) is 0. The average molecular weight is 644 g/mol. The van der Waals surface area contributed by atoms with Crippen molar-refractivity contribution in [3.05, 3.63) is 63.0 Å². The maximum absolute atomic E-state index is 15.5. The number of aliphatic hydroxyl groups is 1. The van der Waals surface area contributed by atoms with Crippen molar-refractivity contribution < 1.29 is 46.5 Å². The van der Waals surface area contributed by atoms with E-state index in [1.54, 1.807) is 5.38 Å². The predicted molar refractivity (Wildman–Crippen MR) is 148 cm³/mol. The maximum atomic E-state index is 15.5. The number of fused-ring (bicyclic) bond motifs is 1. The number of carbonyl (C=O) groups excluding carboxylic acids is 1. The lowest BCUT2D eigenvalue weighted by Crippen LogP contribution is -2.48. The number of nitrogens with zero attached hydrogens (tertiary/aromatic N) is 4. The van der Waals surface area contributed by atoms with Crippen LogP contribution in [0.15, 0.2) is 40.0 Å². The maximum Gasteiger partial charge on any atom is 0.338 e. The minimum absolute atomic E-state index is 0.0569. The first-order chi connectivity index (χ1) is 20.7. The highest BCUT2D eigenvalue weighted by Crippen LogP contribution is 2.43. The molecule has 238 valence electrons. The van der Waals surface area contributed by atoms with Gasteiger partial charge in [-0.3, -0.25) is 14.8 Å². The van der Waals surface area contributed by atoms with Gasteiger partial charge in [0.15, 0.2) is 33.9 Å². The van der Waals surface area contributed by atoms with E-state index in [1.165, 1.54) is 22.9 Å². The van der Waals surface area contributed by atoms with Crippen LogP contribution in [0.4, 0.5) is 22.0 Å². The molecule has 1 aromatic heterocycles. The van der Waals surface area contributed by atoms with E-state index in [0.717, 1.165) is 24.3 Å². The van der Waals surface area contributed by atoms with E-state index >= 15 is 13.2 Å². The van der Waals surface area contributed by atoms with Gasteiger partial charge in [-0.1, -0.05) is 6.07 Å². The summed E-state index contributed by atoms with van der Waals surface area (Å²) >= 11 is 1.15. The van der Waals surface area contributed by atoms with Crippen molar-refractivity contribution in [2.24, 2.45) is 4.99 Å². The smallest absolute Gasteiger partial charge is 0.338 e. The quantitative estimate of drug-likeness (QED) is 0.203. The topological polar surface area (TPSA) is 128 Å². The third-order valence-electron chi connectivity index (χ3n) is 8.11. The minimum atomic E-state index is -3.24. The Balaban J connectivity index is 1.52. The number of thiazole rings is 1. The number of benzene rings is 1. The second-order valence-corrected chi connectivity index (χ2v) is 11.9. The van der Waals surface area contributed by atoms with Crippen LogP contribution in [0.2, 0.25) is 0 Å². The number of carboxylic acids is 1. The molecule has 0 saturated carbocycles. The number of halogens is 5. The summed E-state index contributed by atoms with van der Waals surface area (Å²) in [6.45, 7) is 1.69. The van der Waals surface area contributed by atoms with Gasteiger partial charge in [0.1, 0.15) is 6.04 Å². The normalized spacial score (nSPS) is 24.9. The van der Waals surface area contributed by atoms with Crippen LogP contribution in [0.25, 0.3) is 0 Å². The number of esters is 1. The number of aromatic nitrogens is 1. The number of amidine groups is 1. The number of likely N-dealkylation sites (tertiary alicyclic amines) is 2. The molecule has 0 bridgehead atoms. The molecule has 44 heavy (non-hydrogen) atoms. The number of carbonyl (C=O) groups is 2. The summed E-state index contributed by atoms with van der Waals surface area (Å²) in [6, 6.07) is -1.87. The molecule has 3 aliphatic rings. The van der Waals surface area contributed by atoms with Crippen LogP contribution in [0, 0.1) is 17.5 Å². The van der Waals surface area contributed by atoms with Crippen LogP contribution in [0.3, 0.4) is 0 Å². The summed E-state index contributed by atoms with van der Waals surface area (Å²) in [6.07, 6.45) is 1.49. The van der Waals surface area contributed by atoms with Gasteiger partial charge < -0.3 is 20.3 Å². The van der Waals surface area contributed by atoms with Crippen molar-refractivity contribution in [2.45, 2.75) is 56.3 Å². The molecule has 10 nitrogen and oxygen atoms in total. The van der Waals surface area contributed by atoms with Crippen molar-refractivity contribution in [3.63, 3.8) is 0 Å². The highest BCUT2D eigenvalue weighted by Gasteiger charge is 2.59. The van der Waals surface area contributed by atoms with E-state index in [2.05, 4.69) is 15.3 Å². The predicted octanol–water partition coefficient (Wildman–Crippen LogP) is 3.09. The van der Waals surface area contributed by atoms with Gasteiger partial charge in [-0.15, -0.1) is 11.3 Å². The van der Waals surface area contributed by atoms with Gasteiger partial charge in [-0.2, -0.15) is 0 Å². The Morgan fingerprint density at radius 2 is 1.98 bits per heavy atom. The Bertz CT molecular complexity index is 1500. The SMILES string of the molecule is CCOC(=O)C1=C(CN2CC(F)(F)[C@H]3[C@@H]2CCN3CC[C@](C)(O)C(=O)O)NC(c2nccs2)=N[C@H]1c1ccc(F)c(F)c1F. The lowest BCUT2D eigenvalue weighted by Gasteiger charge is -2.31. The molecular formula is C28H30F5N5O5S.